The second kappa shape index (κ2) is 57.5. The molecule has 0 aromatic heterocycles. The fraction of sp³-hybridized carbons (Fsp3) is 0.940. The van der Waals surface area contributed by atoms with Gasteiger partial charge < -0.3 is 54.5 Å². The Morgan fingerprint density at radius 3 is 0.879 bits per heavy atom. The van der Waals surface area contributed by atoms with Gasteiger partial charge in [-0.1, -0.05) is 187 Å². The van der Waals surface area contributed by atoms with E-state index in [1.165, 1.54) is 38.8 Å². The van der Waals surface area contributed by atoms with Crippen molar-refractivity contribution < 1.29 is 52.5 Å². The second-order valence-corrected chi connectivity index (χ2v) is 59.3. The molecule has 23 heteroatoms. The molecule has 3 N–H and O–H groups in total. The molecule has 23 nitrogen and oxygen atoms in total. The molecule has 8 heterocycles. The Labute approximate surface area is 864 Å². The van der Waals surface area contributed by atoms with Gasteiger partial charge in [-0.2, -0.15) is 0 Å². The van der Waals surface area contributed by atoms with Gasteiger partial charge in [0.15, 0.2) is 0 Å². The molecule has 2 atom stereocenters. The number of ketones is 1. The van der Waals surface area contributed by atoms with Crippen molar-refractivity contribution in [3.63, 3.8) is 0 Å². The van der Waals surface area contributed by atoms with Crippen LogP contribution in [0.5, 0.6) is 0 Å². The number of hydrogen-bond donors (Lipinski definition) is 3. The molecule has 0 saturated carbocycles. The first-order valence-electron chi connectivity index (χ1n) is 55.3. The second-order valence-electron chi connectivity index (χ2n) is 59.3. The number of piperazine rings is 1. The van der Waals surface area contributed by atoms with Gasteiger partial charge in [0.25, 0.3) is 0 Å². The predicted octanol–water partition coefficient (Wildman–Crippen LogP) is 24.3. The molecule has 0 radical (unpaired) electrons. The number of likely N-dealkylation sites (tertiary alicyclic amines) is 7. The zero-order valence-electron chi connectivity index (χ0n) is 101. The van der Waals surface area contributed by atoms with Crippen molar-refractivity contribution in [2.45, 2.75) is 492 Å². The highest BCUT2D eigenvalue weighted by Crippen LogP contribution is 2.39. The number of nitrogens with zero attached hydrogens (tertiary/aromatic N) is 9. The van der Waals surface area contributed by atoms with Crippen LogP contribution in [0.1, 0.15) is 435 Å². The fourth-order valence-electron chi connectivity index (χ4n) is 18.6. The summed E-state index contributed by atoms with van der Waals surface area (Å²) in [6.07, 6.45) is 17.5. The maximum atomic E-state index is 12.0. The highest BCUT2D eigenvalue weighted by molar-refractivity contribution is 5.81. The Kier molecular flexibility index (Phi) is 55.0. The summed E-state index contributed by atoms with van der Waals surface area (Å²) in [7, 11) is 0. The number of nitrogens with one attached hydrogen (secondary N) is 3. The molecule has 0 unspecified atom stereocenters. The molecule has 0 spiro atoms. The van der Waals surface area contributed by atoms with E-state index in [1.54, 1.807) is 0 Å². The van der Waals surface area contributed by atoms with Crippen molar-refractivity contribution in [2.24, 2.45) is 72.4 Å². The van der Waals surface area contributed by atoms with Crippen LogP contribution >= 0.6 is 0 Å². The molecule has 8 aliphatic heterocycles. The smallest absolute Gasteiger partial charge is 0.409 e. The molecule has 140 heavy (non-hydrogen) atoms. The number of amides is 6. The Morgan fingerprint density at radius 1 is 0.307 bits per heavy atom. The summed E-state index contributed by atoms with van der Waals surface area (Å²) in [5, 5.41) is 10.0. The predicted molar refractivity (Wildman–Crippen MR) is 591 cm³/mol. The average molecular weight is 1980 g/mol. The minimum atomic E-state index is -0.237. The molecule has 8 saturated heterocycles. The summed E-state index contributed by atoms with van der Waals surface area (Å²) >= 11 is 0. The highest BCUT2D eigenvalue weighted by atomic mass is 16.6. The lowest BCUT2D eigenvalue weighted by atomic mass is 9.75. The van der Waals surface area contributed by atoms with E-state index in [0.29, 0.717) is 102 Å². The lowest BCUT2D eigenvalue weighted by molar-refractivity contribution is -0.143. The Morgan fingerprint density at radius 2 is 0.600 bits per heavy atom. The topological polar surface area (TPSA) is 222 Å². The fourth-order valence-corrected chi connectivity index (χ4v) is 18.6. The summed E-state index contributed by atoms with van der Waals surface area (Å²) in [6.45, 7) is 122. The van der Waals surface area contributed by atoms with E-state index >= 15 is 0 Å². The van der Waals surface area contributed by atoms with Gasteiger partial charge in [0.05, 0.1) is 31.0 Å². The molecule has 6 amide bonds. The van der Waals surface area contributed by atoms with Crippen LogP contribution in [0.4, 0.5) is 9.59 Å². The van der Waals surface area contributed by atoms with Gasteiger partial charge >= 0.3 is 12.2 Å². The number of Topliss-reactive ketones (excluding diaryl/α,β-unsaturated/α-hetero) is 1. The largest absolute Gasteiger partial charge is 0.449 e. The molecular weight excluding hydrogens is 1750 g/mol. The van der Waals surface area contributed by atoms with Crippen LogP contribution in [0.3, 0.4) is 0 Å². The van der Waals surface area contributed by atoms with Crippen LogP contribution in [0.2, 0.25) is 0 Å². The summed E-state index contributed by atoms with van der Waals surface area (Å²) in [6, 6.07) is 2.01. The minimum absolute atomic E-state index is 0.0306. The van der Waals surface area contributed by atoms with Gasteiger partial charge in [-0.05, 0) is 314 Å². The van der Waals surface area contributed by atoms with Gasteiger partial charge in [-0.25, -0.2) is 9.59 Å². The summed E-state index contributed by atoms with van der Waals surface area (Å²) < 4.78 is 21.8. The van der Waals surface area contributed by atoms with E-state index in [-0.39, 0.29) is 104 Å². The van der Waals surface area contributed by atoms with Crippen LogP contribution in [-0.4, -0.2) is 294 Å². The van der Waals surface area contributed by atoms with Crippen LogP contribution in [-0.2, 0) is 42.9 Å². The molecule has 0 aromatic carbocycles. The van der Waals surface area contributed by atoms with Crippen molar-refractivity contribution in [2.75, 3.05) is 151 Å². The van der Waals surface area contributed by atoms with Crippen molar-refractivity contribution in [3.05, 3.63) is 0 Å². The van der Waals surface area contributed by atoms with Crippen molar-refractivity contribution in [1.29, 1.82) is 0 Å². The number of piperidine rings is 5. The number of ether oxygens (including phenoxy) is 4. The molecule has 0 bridgehead atoms. The van der Waals surface area contributed by atoms with E-state index in [1.807, 2.05) is 61.1 Å². The monoisotopic (exact) mass is 1980 g/mol. The van der Waals surface area contributed by atoms with Gasteiger partial charge in [-0.3, -0.25) is 48.5 Å². The van der Waals surface area contributed by atoms with Crippen molar-refractivity contribution in [3.8, 4) is 0 Å². The minimum Gasteiger partial charge on any atom is -0.449 e. The summed E-state index contributed by atoms with van der Waals surface area (Å²) in [4.78, 5) is 103. The normalized spacial score (nSPS) is 20.3. The van der Waals surface area contributed by atoms with Gasteiger partial charge in [0.1, 0.15) is 19.0 Å². The Balaban J connectivity index is 0.000000800. The maximum absolute atomic E-state index is 12.0. The molecule has 0 aromatic rings. The third-order valence-corrected chi connectivity index (χ3v) is 28.2. The van der Waals surface area contributed by atoms with E-state index in [0.717, 1.165) is 187 Å². The Bertz CT molecular complexity index is 3240. The van der Waals surface area contributed by atoms with E-state index < -0.39 is 0 Å². The van der Waals surface area contributed by atoms with E-state index in [4.69, 9.17) is 18.9 Å². The number of hydrogen-bond acceptors (Lipinski definition) is 17. The average Bonchev–Trinajstić information content (AvgIpc) is 1.46. The first-order chi connectivity index (χ1) is 63.0. The molecule has 0 aliphatic carbocycles. The third-order valence-electron chi connectivity index (χ3n) is 28.2. The van der Waals surface area contributed by atoms with Gasteiger partial charge in [-0.15, -0.1) is 0 Å². The van der Waals surface area contributed by atoms with Crippen LogP contribution in [0.15, 0.2) is 0 Å². The zero-order chi connectivity index (χ0) is 109. The lowest BCUT2D eigenvalue weighted by Crippen LogP contribution is -2.54. The van der Waals surface area contributed by atoms with Gasteiger partial charge in [0, 0.05) is 170 Å². The zero-order valence-corrected chi connectivity index (χ0v) is 101. The lowest BCUT2D eigenvalue weighted by Gasteiger charge is -2.42. The van der Waals surface area contributed by atoms with Crippen LogP contribution < -0.4 is 16.0 Å². The maximum Gasteiger partial charge on any atom is 0.409 e. The van der Waals surface area contributed by atoms with Crippen LogP contribution in [0, 0.1) is 72.4 Å². The standard InChI is InChI=1S/C16H31NO.C15H30N2O.3C15H29NO2.C14H28N2O2.C14H28N2O.C13H28N2/c1-15(2,3)11-14(18)12-17-9-7-13(8-10-17)16(4,5)6;1-14(2,3)9-7-13(18)16-12-8-10-17(11-12)15(4,5)6;1-14(2,3)11-18-13(17)16-9-7-12(8-10-16)15(4,5)6;2*1-14(2,3)12-7-9-16(10-8-12)13(17)11-18-15(4,5)6;1-13(2,3)11-18-12(17)15-7-9-16(10-8-15)14(4,5)6;1-11(2)16-9-7-12(10-16)15-13(17)6-8-14(3,4)5;1-12(2,3)14-11-7-9-15(10-8-11)13(4,5)6/h13H,7-12H2,1-6H3;12H,7-11H2,1-6H3,(H,16,18);3*12H,7-11H2,1-6H3;7-11H2,1-6H3;11-12H,6-10H2,1-5H3,(H,15,17);11,14H,7-10H2,1-6H3/t;12-;;;;;12-;/m.1....0./s1. The molecule has 826 valence electrons. The van der Waals surface area contributed by atoms with Crippen LogP contribution in [0.25, 0.3) is 0 Å². The first-order valence-corrected chi connectivity index (χ1v) is 55.3. The third kappa shape index (κ3) is 62.8. The van der Waals surface area contributed by atoms with E-state index in [2.05, 4.69) is 324 Å². The van der Waals surface area contributed by atoms with Crippen molar-refractivity contribution >= 4 is 41.6 Å². The number of carbonyl (C=O) groups is 7. The summed E-state index contributed by atoms with van der Waals surface area (Å²) in [5.41, 5.74) is 2.69. The Hall–Kier alpha value is -4.23. The summed E-state index contributed by atoms with van der Waals surface area (Å²) in [5.74, 6) is 4.08. The van der Waals surface area contributed by atoms with E-state index in [9.17, 15) is 33.6 Å². The highest BCUT2D eigenvalue weighted by Gasteiger charge is 2.39. The SMILES string of the molecule is CC(C)(C)CC(=O)CN1CCC(C(C)(C)C)CC1.CC(C)(C)CCC(=O)N[C@@H]1CCN(C(C)(C)C)C1.CC(C)(C)COC(=O)N1CCC(C(C)(C)C)CC1.CC(C)(C)COC(=O)N1CCN(C(C)(C)C)CC1.CC(C)(C)NC1CCN(C(C)(C)C)CC1.CC(C)(C)OCC(=O)N1CCC(C(C)(C)C)CC1.CC(C)(C)OCC(=O)N1CCC(C(C)(C)C)CC1.CC(C)N1CC[C@H](NC(=O)CCC(C)(C)C)C1. The van der Waals surface area contributed by atoms with Gasteiger partial charge in [0.2, 0.25) is 23.6 Å². The quantitative estimate of drug-likeness (QED) is 0.123. The molecular formula is C117H232N12O11. The first kappa shape index (κ1) is 134. The molecule has 8 rings (SSSR count). The number of rotatable bonds is 17. The molecule has 8 fully saturated rings. The number of carbonyl (C=O) groups excluding carboxylic acids is 7. The molecule has 8 aliphatic rings. The van der Waals surface area contributed by atoms with Crippen molar-refractivity contribution in [1.82, 2.24) is 60.0 Å².